The Hall–Kier alpha value is -0.350. The standard InChI is InChI=1S/C13H16Cl2FNO/c1-8(17-9-2-4-18-5-3-9)10-6-13(16)12(15)7-11(10)14/h6-9,17H,2-5H2,1H3. The van der Waals surface area contributed by atoms with Crippen LogP contribution in [0, 0.1) is 5.82 Å². The lowest BCUT2D eigenvalue weighted by molar-refractivity contribution is 0.0754. The molecule has 1 atom stereocenters. The van der Waals surface area contributed by atoms with E-state index < -0.39 is 5.82 Å². The molecular formula is C13H16Cl2FNO. The normalized spacial score (nSPS) is 18.9. The third kappa shape index (κ3) is 3.35. The first kappa shape index (κ1) is 14.1. The van der Waals surface area contributed by atoms with Gasteiger partial charge in [-0.25, -0.2) is 4.39 Å². The Kier molecular flexibility index (Phi) is 4.84. The highest BCUT2D eigenvalue weighted by atomic mass is 35.5. The maximum absolute atomic E-state index is 13.5. The van der Waals surface area contributed by atoms with E-state index in [0.29, 0.717) is 11.1 Å². The largest absolute Gasteiger partial charge is 0.381 e. The van der Waals surface area contributed by atoms with Crippen molar-refractivity contribution in [3.63, 3.8) is 0 Å². The number of benzene rings is 1. The summed E-state index contributed by atoms with van der Waals surface area (Å²) < 4.78 is 18.8. The summed E-state index contributed by atoms with van der Waals surface area (Å²) in [5, 5.41) is 4.00. The van der Waals surface area contributed by atoms with Gasteiger partial charge in [0.25, 0.3) is 0 Å². The highest BCUT2D eigenvalue weighted by Crippen LogP contribution is 2.29. The van der Waals surface area contributed by atoms with E-state index in [1.807, 2.05) is 6.92 Å². The lowest BCUT2D eigenvalue weighted by Crippen LogP contribution is -2.36. The van der Waals surface area contributed by atoms with Crippen LogP contribution in [0.5, 0.6) is 0 Å². The molecule has 0 aliphatic carbocycles. The molecule has 2 rings (SSSR count). The molecule has 0 saturated carbocycles. The zero-order valence-corrected chi connectivity index (χ0v) is 11.7. The van der Waals surface area contributed by atoms with Gasteiger partial charge in [-0.2, -0.15) is 0 Å². The molecule has 0 amide bonds. The van der Waals surface area contributed by atoms with Crippen molar-refractivity contribution in [2.75, 3.05) is 13.2 Å². The first-order valence-electron chi connectivity index (χ1n) is 6.06. The molecule has 5 heteroatoms. The van der Waals surface area contributed by atoms with Crippen molar-refractivity contribution < 1.29 is 9.13 Å². The van der Waals surface area contributed by atoms with Crippen LogP contribution in [0.15, 0.2) is 12.1 Å². The van der Waals surface area contributed by atoms with Gasteiger partial charge in [-0.3, -0.25) is 0 Å². The summed E-state index contributed by atoms with van der Waals surface area (Å²) in [6.07, 6.45) is 1.94. The van der Waals surface area contributed by atoms with Crippen LogP contribution in [0.1, 0.15) is 31.4 Å². The van der Waals surface area contributed by atoms with Crippen molar-refractivity contribution in [1.82, 2.24) is 5.32 Å². The molecule has 2 nitrogen and oxygen atoms in total. The topological polar surface area (TPSA) is 21.3 Å². The van der Waals surface area contributed by atoms with Gasteiger partial charge >= 0.3 is 0 Å². The zero-order chi connectivity index (χ0) is 13.1. The van der Waals surface area contributed by atoms with Crippen molar-refractivity contribution in [3.05, 3.63) is 33.6 Å². The SMILES string of the molecule is CC(NC1CCOCC1)c1cc(F)c(Cl)cc1Cl. The summed E-state index contributed by atoms with van der Waals surface area (Å²) >= 11 is 11.8. The molecule has 1 N–H and O–H groups in total. The quantitative estimate of drug-likeness (QED) is 0.851. The second kappa shape index (κ2) is 6.20. The van der Waals surface area contributed by atoms with Crippen molar-refractivity contribution in [2.24, 2.45) is 0 Å². The van der Waals surface area contributed by atoms with E-state index in [1.165, 1.54) is 12.1 Å². The minimum atomic E-state index is -0.434. The van der Waals surface area contributed by atoms with Crippen molar-refractivity contribution in [3.8, 4) is 0 Å². The zero-order valence-electron chi connectivity index (χ0n) is 10.2. The molecule has 1 heterocycles. The van der Waals surface area contributed by atoms with Crippen LogP contribution in [0.3, 0.4) is 0 Å². The third-order valence-corrected chi connectivity index (χ3v) is 3.83. The maximum Gasteiger partial charge on any atom is 0.142 e. The van der Waals surface area contributed by atoms with E-state index in [0.717, 1.165) is 31.6 Å². The average molecular weight is 292 g/mol. The summed E-state index contributed by atoms with van der Waals surface area (Å²) in [5.74, 6) is -0.434. The third-order valence-electron chi connectivity index (χ3n) is 3.21. The van der Waals surface area contributed by atoms with Crippen molar-refractivity contribution in [2.45, 2.75) is 31.8 Å². The van der Waals surface area contributed by atoms with E-state index in [9.17, 15) is 4.39 Å². The fraction of sp³-hybridized carbons (Fsp3) is 0.538. The second-order valence-electron chi connectivity index (χ2n) is 4.56. The van der Waals surface area contributed by atoms with Gasteiger partial charge in [-0.15, -0.1) is 0 Å². The predicted octanol–water partition coefficient (Wildman–Crippen LogP) is 3.96. The van der Waals surface area contributed by atoms with Crippen LogP contribution >= 0.6 is 23.2 Å². The molecule has 1 fully saturated rings. The molecule has 1 aromatic carbocycles. The first-order chi connectivity index (χ1) is 8.58. The van der Waals surface area contributed by atoms with Gasteiger partial charge in [-0.1, -0.05) is 23.2 Å². The number of hydrogen-bond donors (Lipinski definition) is 1. The maximum atomic E-state index is 13.5. The number of ether oxygens (including phenoxy) is 1. The minimum Gasteiger partial charge on any atom is -0.381 e. The predicted molar refractivity (Wildman–Crippen MR) is 71.8 cm³/mol. The van der Waals surface area contributed by atoms with E-state index in [4.69, 9.17) is 27.9 Å². The van der Waals surface area contributed by atoms with Crippen LogP contribution in [0.2, 0.25) is 10.0 Å². The molecule has 1 aliphatic rings. The van der Waals surface area contributed by atoms with Crippen molar-refractivity contribution in [1.29, 1.82) is 0 Å². The Morgan fingerprint density at radius 1 is 1.28 bits per heavy atom. The Balaban J connectivity index is 2.08. The van der Waals surface area contributed by atoms with Crippen LogP contribution in [-0.4, -0.2) is 19.3 Å². The summed E-state index contributed by atoms with van der Waals surface area (Å²) in [5.41, 5.74) is 0.741. The lowest BCUT2D eigenvalue weighted by atomic mass is 10.0. The molecule has 0 aromatic heterocycles. The van der Waals surface area contributed by atoms with Gasteiger partial charge < -0.3 is 10.1 Å². The number of hydrogen-bond acceptors (Lipinski definition) is 2. The average Bonchev–Trinajstić information content (AvgIpc) is 2.35. The molecule has 100 valence electrons. The van der Waals surface area contributed by atoms with Crippen LogP contribution < -0.4 is 5.32 Å². The van der Waals surface area contributed by atoms with Gasteiger partial charge in [-0.05, 0) is 37.5 Å². The summed E-state index contributed by atoms with van der Waals surface area (Å²) in [7, 11) is 0. The molecule has 1 unspecified atom stereocenters. The summed E-state index contributed by atoms with van der Waals surface area (Å²) in [4.78, 5) is 0. The van der Waals surface area contributed by atoms with E-state index >= 15 is 0 Å². The first-order valence-corrected chi connectivity index (χ1v) is 6.81. The molecule has 1 aromatic rings. The summed E-state index contributed by atoms with van der Waals surface area (Å²) in [6, 6.07) is 3.24. The van der Waals surface area contributed by atoms with E-state index in [2.05, 4.69) is 5.32 Å². The fourth-order valence-electron chi connectivity index (χ4n) is 2.18. The Labute approximate surface area is 116 Å². The lowest BCUT2D eigenvalue weighted by Gasteiger charge is -2.27. The number of rotatable bonds is 3. The highest BCUT2D eigenvalue weighted by molar-refractivity contribution is 6.35. The Bertz CT molecular complexity index is 422. The minimum absolute atomic E-state index is 0.00707. The second-order valence-corrected chi connectivity index (χ2v) is 5.38. The van der Waals surface area contributed by atoms with Gasteiger partial charge in [0.2, 0.25) is 0 Å². The Morgan fingerprint density at radius 3 is 2.61 bits per heavy atom. The monoisotopic (exact) mass is 291 g/mol. The molecular weight excluding hydrogens is 276 g/mol. The van der Waals surface area contributed by atoms with Gasteiger partial charge in [0.1, 0.15) is 5.82 Å². The summed E-state index contributed by atoms with van der Waals surface area (Å²) in [6.45, 7) is 3.52. The molecule has 0 spiro atoms. The number of halogens is 3. The van der Waals surface area contributed by atoms with E-state index in [1.54, 1.807) is 0 Å². The smallest absolute Gasteiger partial charge is 0.142 e. The van der Waals surface area contributed by atoms with E-state index in [-0.39, 0.29) is 11.1 Å². The molecule has 0 radical (unpaired) electrons. The van der Waals surface area contributed by atoms with Crippen LogP contribution in [-0.2, 0) is 4.74 Å². The van der Waals surface area contributed by atoms with Crippen LogP contribution in [0.4, 0.5) is 4.39 Å². The van der Waals surface area contributed by atoms with Crippen LogP contribution in [0.25, 0.3) is 0 Å². The van der Waals surface area contributed by atoms with Gasteiger partial charge in [0.05, 0.1) is 5.02 Å². The van der Waals surface area contributed by atoms with Gasteiger partial charge in [0, 0.05) is 30.3 Å². The molecule has 0 bridgehead atoms. The Morgan fingerprint density at radius 2 is 1.94 bits per heavy atom. The number of nitrogens with one attached hydrogen (secondary N) is 1. The highest BCUT2D eigenvalue weighted by Gasteiger charge is 2.19. The molecule has 1 saturated heterocycles. The molecule has 18 heavy (non-hydrogen) atoms. The van der Waals surface area contributed by atoms with Crippen molar-refractivity contribution >= 4 is 23.2 Å². The van der Waals surface area contributed by atoms with Gasteiger partial charge in [0.15, 0.2) is 0 Å². The fourth-order valence-corrected chi connectivity index (χ4v) is 2.72. The molecule has 1 aliphatic heterocycles.